The Morgan fingerprint density at radius 1 is 1.35 bits per heavy atom. The topological polar surface area (TPSA) is 62.3 Å². The predicted molar refractivity (Wildman–Crippen MR) is 81.3 cm³/mol. The maximum Gasteiger partial charge on any atom is 0.131 e. The molecule has 0 bridgehead atoms. The molecule has 1 atom stereocenters. The molecule has 112 valence electrons. The zero-order valence-corrected chi connectivity index (χ0v) is 12.6. The van der Waals surface area contributed by atoms with Gasteiger partial charge in [-0.25, -0.2) is 9.97 Å². The first kappa shape index (κ1) is 15.0. The van der Waals surface area contributed by atoms with Gasteiger partial charge in [-0.3, -0.25) is 0 Å². The van der Waals surface area contributed by atoms with Gasteiger partial charge in [0.1, 0.15) is 17.5 Å². The Morgan fingerprint density at radius 2 is 2.10 bits per heavy atom. The van der Waals surface area contributed by atoms with Crippen LogP contribution in [-0.2, 0) is 4.74 Å². The predicted octanol–water partition coefficient (Wildman–Crippen LogP) is 1.35. The molecule has 0 saturated carbocycles. The van der Waals surface area contributed by atoms with Gasteiger partial charge in [0.15, 0.2) is 0 Å². The largest absolute Gasteiger partial charge is 0.374 e. The van der Waals surface area contributed by atoms with Gasteiger partial charge in [0.05, 0.1) is 12.7 Å². The van der Waals surface area contributed by atoms with E-state index >= 15 is 0 Å². The second-order valence-corrected chi connectivity index (χ2v) is 5.25. The van der Waals surface area contributed by atoms with Crippen molar-refractivity contribution >= 4 is 11.6 Å². The van der Waals surface area contributed by atoms with Crippen molar-refractivity contribution in [2.45, 2.75) is 26.4 Å². The quantitative estimate of drug-likeness (QED) is 0.819. The van der Waals surface area contributed by atoms with Crippen LogP contribution in [0.2, 0.25) is 0 Å². The minimum atomic E-state index is 0.219. The highest BCUT2D eigenvalue weighted by atomic mass is 16.5. The van der Waals surface area contributed by atoms with Gasteiger partial charge in [-0.15, -0.1) is 0 Å². The lowest BCUT2D eigenvalue weighted by atomic mass is 10.3. The Bertz CT molecular complexity index is 426. The standard InChI is InChI=1S/C14H25N5O/c1-4-5-15-13-8-14(18-11(2)17-13)16-9-12-10-19(3)6-7-20-12/h8,12H,4-7,9-10H2,1-3H3,(H2,15,16,17,18). The van der Waals surface area contributed by atoms with Crippen molar-refractivity contribution in [1.29, 1.82) is 0 Å². The van der Waals surface area contributed by atoms with Crippen molar-refractivity contribution in [3.63, 3.8) is 0 Å². The average Bonchev–Trinajstić information content (AvgIpc) is 2.42. The van der Waals surface area contributed by atoms with Crippen LogP contribution in [0.5, 0.6) is 0 Å². The van der Waals surface area contributed by atoms with Gasteiger partial charge in [0.25, 0.3) is 0 Å². The van der Waals surface area contributed by atoms with Gasteiger partial charge in [-0.05, 0) is 20.4 Å². The summed E-state index contributed by atoms with van der Waals surface area (Å²) in [6.45, 7) is 8.51. The van der Waals surface area contributed by atoms with Crippen molar-refractivity contribution in [3.05, 3.63) is 11.9 Å². The van der Waals surface area contributed by atoms with Crippen LogP contribution >= 0.6 is 0 Å². The molecule has 20 heavy (non-hydrogen) atoms. The van der Waals surface area contributed by atoms with Gasteiger partial charge in [-0.2, -0.15) is 0 Å². The normalized spacial score (nSPS) is 19.9. The van der Waals surface area contributed by atoms with Crippen molar-refractivity contribution in [1.82, 2.24) is 14.9 Å². The maximum absolute atomic E-state index is 5.73. The average molecular weight is 279 g/mol. The number of anilines is 2. The highest BCUT2D eigenvalue weighted by Gasteiger charge is 2.17. The summed E-state index contributed by atoms with van der Waals surface area (Å²) >= 11 is 0. The first-order valence-corrected chi connectivity index (χ1v) is 7.31. The highest BCUT2D eigenvalue weighted by molar-refractivity contribution is 5.47. The second kappa shape index (κ2) is 7.40. The summed E-state index contributed by atoms with van der Waals surface area (Å²) in [5, 5.41) is 6.64. The molecule has 6 nitrogen and oxygen atoms in total. The summed E-state index contributed by atoms with van der Waals surface area (Å²) in [5.74, 6) is 2.51. The molecule has 1 aliphatic rings. The number of aromatic nitrogens is 2. The highest BCUT2D eigenvalue weighted by Crippen LogP contribution is 2.12. The van der Waals surface area contributed by atoms with E-state index in [-0.39, 0.29) is 6.10 Å². The molecule has 0 aromatic carbocycles. The molecule has 0 spiro atoms. The van der Waals surface area contributed by atoms with Gasteiger partial charge in [0.2, 0.25) is 0 Å². The fourth-order valence-electron chi connectivity index (χ4n) is 2.21. The molecule has 1 aromatic heterocycles. The first-order chi connectivity index (χ1) is 9.67. The van der Waals surface area contributed by atoms with E-state index in [1.165, 1.54) is 0 Å². The number of nitrogens with one attached hydrogen (secondary N) is 2. The minimum Gasteiger partial charge on any atom is -0.374 e. The monoisotopic (exact) mass is 279 g/mol. The lowest BCUT2D eigenvalue weighted by Gasteiger charge is -2.30. The molecular weight excluding hydrogens is 254 g/mol. The number of rotatable bonds is 6. The number of aryl methyl sites for hydroxylation is 1. The van der Waals surface area contributed by atoms with E-state index in [2.05, 4.69) is 39.5 Å². The number of morpholine rings is 1. The zero-order chi connectivity index (χ0) is 14.4. The smallest absolute Gasteiger partial charge is 0.131 e. The van der Waals surface area contributed by atoms with Crippen LogP contribution < -0.4 is 10.6 Å². The van der Waals surface area contributed by atoms with Crippen LogP contribution in [0.15, 0.2) is 6.07 Å². The molecule has 1 unspecified atom stereocenters. The SMILES string of the molecule is CCCNc1cc(NCC2CN(C)CCO2)nc(C)n1. The summed E-state index contributed by atoms with van der Waals surface area (Å²) in [4.78, 5) is 11.1. The molecule has 1 aliphatic heterocycles. The maximum atomic E-state index is 5.73. The molecule has 2 N–H and O–H groups in total. The van der Waals surface area contributed by atoms with Crippen LogP contribution in [0.25, 0.3) is 0 Å². The van der Waals surface area contributed by atoms with Crippen LogP contribution in [0.4, 0.5) is 11.6 Å². The molecule has 6 heteroatoms. The lowest BCUT2D eigenvalue weighted by Crippen LogP contribution is -2.43. The number of hydrogen-bond donors (Lipinski definition) is 2. The number of likely N-dealkylation sites (N-methyl/N-ethyl adjacent to an activating group) is 1. The Morgan fingerprint density at radius 3 is 2.80 bits per heavy atom. The third-order valence-electron chi connectivity index (χ3n) is 3.25. The van der Waals surface area contributed by atoms with Gasteiger partial charge in [-0.1, -0.05) is 6.92 Å². The van der Waals surface area contributed by atoms with E-state index < -0.39 is 0 Å². The molecule has 1 aromatic rings. The fraction of sp³-hybridized carbons (Fsp3) is 0.714. The summed E-state index contributed by atoms with van der Waals surface area (Å²) < 4.78 is 5.73. The molecule has 1 fully saturated rings. The Labute approximate surface area is 120 Å². The van der Waals surface area contributed by atoms with E-state index in [1.807, 2.05) is 13.0 Å². The van der Waals surface area contributed by atoms with Gasteiger partial charge in [0, 0.05) is 32.2 Å². The van der Waals surface area contributed by atoms with Crippen molar-refractivity contribution in [3.8, 4) is 0 Å². The summed E-state index contributed by atoms with van der Waals surface area (Å²) in [7, 11) is 2.12. The minimum absolute atomic E-state index is 0.219. The van der Waals surface area contributed by atoms with Crippen LogP contribution in [0, 0.1) is 6.92 Å². The van der Waals surface area contributed by atoms with Crippen LogP contribution in [0.3, 0.4) is 0 Å². The molecule has 1 saturated heterocycles. The molecule has 0 aliphatic carbocycles. The third-order valence-corrected chi connectivity index (χ3v) is 3.25. The molecule has 2 heterocycles. The summed E-state index contributed by atoms with van der Waals surface area (Å²) in [6, 6.07) is 1.95. The Balaban J connectivity index is 1.89. The van der Waals surface area contributed by atoms with E-state index in [0.29, 0.717) is 0 Å². The van der Waals surface area contributed by atoms with Gasteiger partial charge < -0.3 is 20.3 Å². The number of nitrogens with zero attached hydrogens (tertiary/aromatic N) is 3. The van der Waals surface area contributed by atoms with Crippen LogP contribution in [0.1, 0.15) is 19.2 Å². The van der Waals surface area contributed by atoms with Gasteiger partial charge >= 0.3 is 0 Å². The van der Waals surface area contributed by atoms with E-state index in [9.17, 15) is 0 Å². The van der Waals surface area contributed by atoms with E-state index in [4.69, 9.17) is 4.74 Å². The second-order valence-electron chi connectivity index (χ2n) is 5.25. The molecule has 0 radical (unpaired) electrons. The Kier molecular flexibility index (Phi) is 5.55. The zero-order valence-electron chi connectivity index (χ0n) is 12.6. The van der Waals surface area contributed by atoms with Crippen molar-refractivity contribution in [2.75, 3.05) is 50.5 Å². The number of ether oxygens (including phenoxy) is 1. The van der Waals surface area contributed by atoms with E-state index in [1.54, 1.807) is 0 Å². The Hall–Kier alpha value is -1.40. The summed E-state index contributed by atoms with van der Waals surface area (Å²) in [6.07, 6.45) is 1.30. The fourth-order valence-corrected chi connectivity index (χ4v) is 2.21. The first-order valence-electron chi connectivity index (χ1n) is 7.31. The molecule has 0 amide bonds. The molecule has 2 rings (SSSR count). The van der Waals surface area contributed by atoms with Crippen LogP contribution in [-0.4, -0.2) is 60.8 Å². The lowest BCUT2D eigenvalue weighted by molar-refractivity contribution is -0.0117. The van der Waals surface area contributed by atoms with E-state index in [0.717, 1.165) is 56.7 Å². The third kappa shape index (κ3) is 4.61. The van der Waals surface area contributed by atoms with Crippen molar-refractivity contribution in [2.24, 2.45) is 0 Å². The molecular formula is C14H25N5O. The summed E-state index contributed by atoms with van der Waals surface area (Å²) in [5.41, 5.74) is 0. The van der Waals surface area contributed by atoms with Crippen molar-refractivity contribution < 1.29 is 4.74 Å². The number of hydrogen-bond acceptors (Lipinski definition) is 6.